The summed E-state index contributed by atoms with van der Waals surface area (Å²) in [5.74, 6) is 0.619. The third kappa shape index (κ3) is 19.1. The van der Waals surface area contributed by atoms with Crippen molar-refractivity contribution >= 4 is 12.2 Å². The van der Waals surface area contributed by atoms with E-state index >= 15 is 0 Å². The summed E-state index contributed by atoms with van der Waals surface area (Å²) in [5, 5.41) is 3.09. The summed E-state index contributed by atoms with van der Waals surface area (Å²) in [7, 11) is 3.75. The van der Waals surface area contributed by atoms with Gasteiger partial charge in [0.15, 0.2) is 0 Å². The van der Waals surface area contributed by atoms with Crippen LogP contribution in [0, 0.1) is 11.3 Å². The second-order valence-corrected chi connectivity index (χ2v) is 7.12. The Kier molecular flexibility index (Phi) is 13.7. The van der Waals surface area contributed by atoms with E-state index < -0.39 is 0 Å². The Hall–Kier alpha value is -0.900. The van der Waals surface area contributed by atoms with Crippen LogP contribution in [-0.2, 0) is 9.59 Å². The fraction of sp³-hybridized carbons (Fsp3) is 0.882. The van der Waals surface area contributed by atoms with Gasteiger partial charge in [-0.05, 0) is 31.8 Å². The van der Waals surface area contributed by atoms with E-state index in [2.05, 4.69) is 26.1 Å². The molecule has 4 nitrogen and oxygen atoms in total. The minimum absolute atomic E-state index is 0.217. The lowest BCUT2D eigenvalue weighted by Gasteiger charge is -2.22. The van der Waals surface area contributed by atoms with Crippen LogP contribution in [0.2, 0.25) is 0 Å². The molecule has 0 radical (unpaired) electrons. The SMILES string of the molecule is CN(C=O)CC(C)(C)C.CNCCCCCC(=O)C(C)C. The number of rotatable bonds is 9. The quantitative estimate of drug-likeness (QED) is 0.526. The minimum atomic E-state index is 0.217. The zero-order chi connectivity index (χ0) is 16.9. The normalized spacial score (nSPS) is 10.9. The molecule has 1 N–H and O–H groups in total. The molecule has 21 heavy (non-hydrogen) atoms. The van der Waals surface area contributed by atoms with Gasteiger partial charge in [0.05, 0.1) is 0 Å². The highest BCUT2D eigenvalue weighted by Gasteiger charge is 2.11. The number of nitrogens with zero attached hydrogens (tertiary/aromatic N) is 1. The summed E-state index contributed by atoms with van der Waals surface area (Å²) in [5.41, 5.74) is 0.218. The molecule has 1 amide bonds. The van der Waals surface area contributed by atoms with Crippen LogP contribution in [-0.4, -0.2) is 44.3 Å². The van der Waals surface area contributed by atoms with Gasteiger partial charge in [0, 0.05) is 25.9 Å². The molecule has 0 rings (SSSR count). The van der Waals surface area contributed by atoms with Crippen molar-refractivity contribution in [2.45, 2.75) is 60.3 Å². The fourth-order valence-corrected chi connectivity index (χ4v) is 1.85. The molecular formula is C17H36N2O2. The highest BCUT2D eigenvalue weighted by Crippen LogP contribution is 2.12. The molecule has 0 saturated carbocycles. The summed E-state index contributed by atoms with van der Waals surface area (Å²) < 4.78 is 0. The van der Waals surface area contributed by atoms with E-state index in [1.807, 2.05) is 20.9 Å². The molecule has 4 heteroatoms. The lowest BCUT2D eigenvalue weighted by atomic mass is 9.97. The Labute approximate surface area is 131 Å². The second-order valence-electron chi connectivity index (χ2n) is 7.12. The van der Waals surface area contributed by atoms with E-state index in [4.69, 9.17) is 0 Å². The first-order valence-electron chi connectivity index (χ1n) is 7.97. The topological polar surface area (TPSA) is 49.4 Å². The predicted octanol–water partition coefficient (Wildman–Crippen LogP) is 3.11. The monoisotopic (exact) mass is 300 g/mol. The van der Waals surface area contributed by atoms with Crippen molar-refractivity contribution in [3.63, 3.8) is 0 Å². The van der Waals surface area contributed by atoms with Gasteiger partial charge in [-0.2, -0.15) is 0 Å². The lowest BCUT2D eigenvalue weighted by molar-refractivity contribution is -0.122. The van der Waals surface area contributed by atoms with Crippen LogP contribution in [0.25, 0.3) is 0 Å². The molecule has 0 aromatic heterocycles. The average Bonchev–Trinajstić information content (AvgIpc) is 2.36. The molecule has 0 aromatic rings. The Morgan fingerprint density at radius 3 is 2.10 bits per heavy atom. The van der Waals surface area contributed by atoms with Crippen molar-refractivity contribution in [2.24, 2.45) is 11.3 Å². The highest BCUT2D eigenvalue weighted by molar-refractivity contribution is 5.80. The number of nitrogens with one attached hydrogen (secondary N) is 1. The molecule has 0 spiro atoms. The maximum Gasteiger partial charge on any atom is 0.209 e. The van der Waals surface area contributed by atoms with E-state index in [1.54, 1.807) is 11.9 Å². The van der Waals surface area contributed by atoms with E-state index in [1.165, 1.54) is 12.8 Å². The highest BCUT2D eigenvalue weighted by atomic mass is 16.1. The van der Waals surface area contributed by atoms with Crippen LogP contribution in [0.4, 0.5) is 0 Å². The number of Topliss-reactive ketones (excluding diaryl/α,β-unsaturated/α-hetero) is 1. The third-order valence-corrected chi connectivity index (χ3v) is 2.90. The summed E-state index contributed by atoms with van der Waals surface area (Å²) in [6.07, 6.45) is 5.02. The van der Waals surface area contributed by atoms with Gasteiger partial charge in [0.2, 0.25) is 6.41 Å². The van der Waals surface area contributed by atoms with Crippen molar-refractivity contribution < 1.29 is 9.59 Å². The molecule has 0 fully saturated rings. The maximum absolute atomic E-state index is 11.2. The molecular weight excluding hydrogens is 264 g/mol. The van der Waals surface area contributed by atoms with Crippen molar-refractivity contribution in [3.8, 4) is 0 Å². The first-order chi connectivity index (χ1) is 9.64. The third-order valence-electron chi connectivity index (χ3n) is 2.90. The predicted molar refractivity (Wildman–Crippen MR) is 90.4 cm³/mol. The lowest BCUT2D eigenvalue weighted by Crippen LogP contribution is -2.27. The van der Waals surface area contributed by atoms with E-state index in [-0.39, 0.29) is 11.3 Å². The Balaban J connectivity index is 0. The van der Waals surface area contributed by atoms with Gasteiger partial charge in [-0.25, -0.2) is 0 Å². The number of unbranched alkanes of at least 4 members (excludes halogenated alkanes) is 2. The van der Waals surface area contributed by atoms with Gasteiger partial charge in [0.25, 0.3) is 0 Å². The van der Waals surface area contributed by atoms with Crippen LogP contribution in [0.3, 0.4) is 0 Å². The number of amides is 1. The van der Waals surface area contributed by atoms with Crippen LogP contribution in [0.1, 0.15) is 60.3 Å². The number of carbonyl (C=O) groups excluding carboxylic acids is 2. The van der Waals surface area contributed by atoms with Crippen LogP contribution >= 0.6 is 0 Å². The summed E-state index contributed by atoms with van der Waals surface area (Å²) >= 11 is 0. The van der Waals surface area contributed by atoms with Crippen molar-refractivity contribution in [2.75, 3.05) is 27.2 Å². The molecule has 0 bridgehead atoms. The number of carbonyl (C=O) groups is 2. The fourth-order valence-electron chi connectivity index (χ4n) is 1.85. The van der Waals surface area contributed by atoms with Crippen LogP contribution in [0.15, 0.2) is 0 Å². The summed E-state index contributed by atoms with van der Waals surface area (Å²) in [6, 6.07) is 0. The largest absolute Gasteiger partial charge is 0.348 e. The van der Waals surface area contributed by atoms with Gasteiger partial charge in [0.1, 0.15) is 5.78 Å². The molecule has 0 aromatic carbocycles. The number of hydrogen-bond acceptors (Lipinski definition) is 3. The molecule has 0 aliphatic heterocycles. The smallest absolute Gasteiger partial charge is 0.209 e. The Bertz CT molecular complexity index is 270. The van der Waals surface area contributed by atoms with E-state index in [9.17, 15) is 9.59 Å². The second kappa shape index (κ2) is 12.8. The standard InChI is InChI=1S/C10H21NO.C7H15NO/c1-9(2)10(12)7-5-4-6-8-11-3;1-7(2,3)5-8(4)6-9/h9,11H,4-8H2,1-3H3;6H,5H2,1-4H3. The van der Waals surface area contributed by atoms with Gasteiger partial charge in [-0.3, -0.25) is 9.59 Å². The van der Waals surface area contributed by atoms with Crippen LogP contribution in [0.5, 0.6) is 0 Å². The zero-order valence-corrected chi connectivity index (χ0v) is 15.2. The van der Waals surface area contributed by atoms with E-state index in [0.29, 0.717) is 5.78 Å². The number of hydrogen-bond donors (Lipinski definition) is 1. The Morgan fingerprint density at radius 2 is 1.76 bits per heavy atom. The number of ketones is 1. The van der Waals surface area contributed by atoms with Crippen LogP contribution < -0.4 is 5.32 Å². The van der Waals surface area contributed by atoms with Crippen molar-refractivity contribution in [1.82, 2.24) is 10.2 Å². The average molecular weight is 300 g/mol. The zero-order valence-electron chi connectivity index (χ0n) is 15.2. The molecule has 0 unspecified atom stereocenters. The van der Waals surface area contributed by atoms with Gasteiger partial charge >= 0.3 is 0 Å². The molecule has 0 atom stereocenters. The molecule has 0 saturated heterocycles. The van der Waals surface area contributed by atoms with Crippen molar-refractivity contribution in [3.05, 3.63) is 0 Å². The molecule has 126 valence electrons. The minimum Gasteiger partial charge on any atom is -0.348 e. The van der Waals surface area contributed by atoms with Gasteiger partial charge in [-0.15, -0.1) is 0 Å². The first-order valence-corrected chi connectivity index (χ1v) is 7.97. The maximum atomic E-state index is 11.2. The van der Waals surface area contributed by atoms with Gasteiger partial charge < -0.3 is 10.2 Å². The summed E-state index contributed by atoms with van der Waals surface area (Å²) in [6.45, 7) is 12.1. The molecule has 0 aliphatic rings. The Morgan fingerprint density at radius 1 is 1.19 bits per heavy atom. The van der Waals surface area contributed by atoms with Crippen molar-refractivity contribution in [1.29, 1.82) is 0 Å². The van der Waals surface area contributed by atoms with Gasteiger partial charge in [-0.1, -0.05) is 41.0 Å². The first kappa shape index (κ1) is 22.4. The van der Waals surface area contributed by atoms with E-state index in [0.717, 1.165) is 32.3 Å². The molecule has 0 aliphatic carbocycles. The molecule has 0 heterocycles. The summed E-state index contributed by atoms with van der Waals surface area (Å²) in [4.78, 5) is 22.9.